The number of hydrogen-bond donors (Lipinski definition) is 1. The summed E-state index contributed by atoms with van der Waals surface area (Å²) in [4.78, 5) is 30.1. The SMILES string of the molecule is CCc1cccnc1CN1CC(=O)NC(C(C)C)C1=O. The number of carbonyl (C=O) groups is 2. The van der Waals surface area contributed by atoms with Gasteiger partial charge in [-0.25, -0.2) is 0 Å². The summed E-state index contributed by atoms with van der Waals surface area (Å²) in [6.45, 7) is 6.44. The van der Waals surface area contributed by atoms with Gasteiger partial charge >= 0.3 is 0 Å². The summed E-state index contributed by atoms with van der Waals surface area (Å²) in [7, 11) is 0. The fraction of sp³-hybridized carbons (Fsp3) is 0.533. The first kappa shape index (κ1) is 14.5. The van der Waals surface area contributed by atoms with Crippen LogP contribution in [0.5, 0.6) is 0 Å². The van der Waals surface area contributed by atoms with Crippen molar-refractivity contribution in [2.24, 2.45) is 5.92 Å². The maximum absolute atomic E-state index is 12.4. The lowest BCUT2D eigenvalue weighted by Gasteiger charge is -2.34. The number of nitrogens with zero attached hydrogens (tertiary/aromatic N) is 2. The van der Waals surface area contributed by atoms with Crippen LogP contribution in [0.3, 0.4) is 0 Å². The van der Waals surface area contributed by atoms with Gasteiger partial charge in [-0.1, -0.05) is 26.8 Å². The van der Waals surface area contributed by atoms with E-state index in [2.05, 4.69) is 17.2 Å². The average molecular weight is 275 g/mol. The molecule has 0 spiro atoms. The van der Waals surface area contributed by atoms with E-state index in [-0.39, 0.29) is 24.3 Å². The van der Waals surface area contributed by atoms with Gasteiger partial charge in [0.25, 0.3) is 0 Å². The molecule has 1 fully saturated rings. The molecule has 1 N–H and O–H groups in total. The van der Waals surface area contributed by atoms with Crippen LogP contribution in [0.25, 0.3) is 0 Å². The summed E-state index contributed by atoms with van der Waals surface area (Å²) >= 11 is 0. The lowest BCUT2D eigenvalue weighted by atomic mass is 10.0. The molecular formula is C15H21N3O2. The highest BCUT2D eigenvalue weighted by Crippen LogP contribution is 2.15. The number of piperazine rings is 1. The van der Waals surface area contributed by atoms with Crippen LogP contribution < -0.4 is 5.32 Å². The predicted molar refractivity (Wildman–Crippen MR) is 75.8 cm³/mol. The maximum atomic E-state index is 12.4. The molecule has 1 saturated heterocycles. The second kappa shape index (κ2) is 6.03. The van der Waals surface area contributed by atoms with Gasteiger partial charge < -0.3 is 10.2 Å². The fourth-order valence-electron chi connectivity index (χ4n) is 2.43. The zero-order valence-corrected chi connectivity index (χ0v) is 12.2. The highest BCUT2D eigenvalue weighted by Gasteiger charge is 2.34. The molecule has 1 atom stereocenters. The molecule has 2 rings (SSSR count). The van der Waals surface area contributed by atoms with Crippen LogP contribution in [-0.2, 0) is 22.6 Å². The number of nitrogens with one attached hydrogen (secondary N) is 1. The van der Waals surface area contributed by atoms with Gasteiger partial charge in [0.15, 0.2) is 0 Å². The molecule has 1 aromatic rings. The molecule has 0 saturated carbocycles. The van der Waals surface area contributed by atoms with Crippen molar-refractivity contribution in [3.63, 3.8) is 0 Å². The molecule has 0 aliphatic carbocycles. The maximum Gasteiger partial charge on any atom is 0.246 e. The summed E-state index contributed by atoms with van der Waals surface area (Å²) < 4.78 is 0. The third kappa shape index (κ3) is 2.98. The molecule has 108 valence electrons. The zero-order valence-electron chi connectivity index (χ0n) is 12.2. The molecule has 0 aromatic carbocycles. The van der Waals surface area contributed by atoms with E-state index in [0.717, 1.165) is 17.7 Å². The van der Waals surface area contributed by atoms with Crippen LogP contribution in [0.4, 0.5) is 0 Å². The van der Waals surface area contributed by atoms with Crippen LogP contribution in [-0.4, -0.2) is 34.3 Å². The predicted octanol–water partition coefficient (Wildman–Crippen LogP) is 1.13. The Hall–Kier alpha value is -1.91. The highest BCUT2D eigenvalue weighted by molar-refractivity contribution is 5.94. The van der Waals surface area contributed by atoms with Gasteiger partial charge in [-0.05, 0) is 24.0 Å². The van der Waals surface area contributed by atoms with Crippen LogP contribution in [0.2, 0.25) is 0 Å². The zero-order chi connectivity index (χ0) is 14.7. The third-order valence-electron chi connectivity index (χ3n) is 3.60. The Kier molecular flexibility index (Phi) is 4.37. The summed E-state index contributed by atoms with van der Waals surface area (Å²) in [5.74, 6) is -0.0341. The van der Waals surface area contributed by atoms with Gasteiger partial charge in [-0.3, -0.25) is 14.6 Å². The van der Waals surface area contributed by atoms with Gasteiger partial charge in [-0.15, -0.1) is 0 Å². The van der Waals surface area contributed by atoms with Crippen molar-refractivity contribution in [3.8, 4) is 0 Å². The van der Waals surface area contributed by atoms with Gasteiger partial charge in [0, 0.05) is 6.20 Å². The number of hydrogen-bond acceptors (Lipinski definition) is 3. The smallest absolute Gasteiger partial charge is 0.246 e. The van der Waals surface area contributed by atoms with E-state index in [0.29, 0.717) is 6.54 Å². The second-order valence-electron chi connectivity index (χ2n) is 5.45. The lowest BCUT2D eigenvalue weighted by molar-refractivity contribution is -0.146. The van der Waals surface area contributed by atoms with E-state index in [4.69, 9.17) is 0 Å². The Labute approximate surface area is 119 Å². The van der Waals surface area contributed by atoms with Crippen molar-refractivity contribution in [2.45, 2.75) is 39.8 Å². The van der Waals surface area contributed by atoms with Crippen molar-refractivity contribution in [2.75, 3.05) is 6.54 Å². The molecule has 0 bridgehead atoms. The van der Waals surface area contributed by atoms with Gasteiger partial charge in [0.1, 0.15) is 12.6 Å². The van der Waals surface area contributed by atoms with Crippen LogP contribution in [0.15, 0.2) is 18.3 Å². The first-order valence-corrected chi connectivity index (χ1v) is 7.03. The molecule has 0 radical (unpaired) electrons. The van der Waals surface area contributed by atoms with E-state index in [1.54, 1.807) is 11.1 Å². The van der Waals surface area contributed by atoms with E-state index < -0.39 is 6.04 Å². The van der Waals surface area contributed by atoms with E-state index in [1.165, 1.54) is 0 Å². The van der Waals surface area contributed by atoms with Crippen molar-refractivity contribution in [1.29, 1.82) is 0 Å². The van der Waals surface area contributed by atoms with Crippen LogP contribution in [0.1, 0.15) is 32.0 Å². The summed E-state index contributed by atoms with van der Waals surface area (Å²) in [5.41, 5.74) is 1.99. The van der Waals surface area contributed by atoms with Crippen molar-refractivity contribution < 1.29 is 9.59 Å². The lowest BCUT2D eigenvalue weighted by Crippen LogP contribution is -2.59. The number of aryl methyl sites for hydroxylation is 1. The van der Waals surface area contributed by atoms with Gasteiger partial charge in [0.05, 0.1) is 12.2 Å². The summed E-state index contributed by atoms with van der Waals surface area (Å²) in [6, 6.07) is 3.48. The minimum absolute atomic E-state index is 0.0210. The number of aromatic nitrogens is 1. The minimum Gasteiger partial charge on any atom is -0.343 e. The minimum atomic E-state index is -0.426. The van der Waals surface area contributed by atoms with Gasteiger partial charge in [0.2, 0.25) is 11.8 Å². The number of rotatable bonds is 4. The molecule has 5 heteroatoms. The Bertz CT molecular complexity index is 514. The van der Waals surface area contributed by atoms with Crippen molar-refractivity contribution in [1.82, 2.24) is 15.2 Å². The van der Waals surface area contributed by atoms with E-state index in [1.807, 2.05) is 26.0 Å². The number of pyridine rings is 1. The Morgan fingerprint density at radius 1 is 1.45 bits per heavy atom. The van der Waals surface area contributed by atoms with Crippen LogP contribution in [0, 0.1) is 5.92 Å². The molecule has 5 nitrogen and oxygen atoms in total. The molecule has 2 heterocycles. The molecule has 1 unspecified atom stereocenters. The second-order valence-corrected chi connectivity index (χ2v) is 5.45. The molecule has 1 aromatic heterocycles. The van der Waals surface area contributed by atoms with Crippen molar-refractivity contribution >= 4 is 11.8 Å². The van der Waals surface area contributed by atoms with E-state index in [9.17, 15) is 9.59 Å². The average Bonchev–Trinajstić information content (AvgIpc) is 2.42. The molecule has 2 amide bonds. The normalized spacial score (nSPS) is 19.4. The largest absolute Gasteiger partial charge is 0.343 e. The molecule has 20 heavy (non-hydrogen) atoms. The monoisotopic (exact) mass is 275 g/mol. The number of amides is 2. The standard InChI is InChI=1S/C15H21N3O2/c1-4-11-6-5-7-16-12(11)8-18-9-13(19)17-14(10(2)3)15(18)20/h5-7,10,14H,4,8-9H2,1-3H3,(H,17,19). The summed E-state index contributed by atoms with van der Waals surface area (Å²) in [5, 5.41) is 2.76. The fourth-order valence-corrected chi connectivity index (χ4v) is 2.43. The summed E-state index contributed by atoms with van der Waals surface area (Å²) in [6.07, 6.45) is 2.59. The van der Waals surface area contributed by atoms with E-state index >= 15 is 0 Å². The van der Waals surface area contributed by atoms with Gasteiger partial charge in [-0.2, -0.15) is 0 Å². The van der Waals surface area contributed by atoms with Crippen LogP contribution >= 0.6 is 0 Å². The molecular weight excluding hydrogens is 254 g/mol. The van der Waals surface area contributed by atoms with Crippen molar-refractivity contribution in [3.05, 3.63) is 29.6 Å². The first-order chi connectivity index (χ1) is 9.52. The quantitative estimate of drug-likeness (QED) is 0.896. The highest BCUT2D eigenvalue weighted by atomic mass is 16.2. The Balaban J connectivity index is 2.19. The third-order valence-corrected chi connectivity index (χ3v) is 3.60. The molecule has 1 aliphatic rings. The Morgan fingerprint density at radius 3 is 2.85 bits per heavy atom. The topological polar surface area (TPSA) is 62.3 Å². The Morgan fingerprint density at radius 2 is 2.20 bits per heavy atom. The molecule has 1 aliphatic heterocycles. The first-order valence-electron chi connectivity index (χ1n) is 7.03. The number of carbonyl (C=O) groups excluding carboxylic acids is 2.